The zero-order valence-corrected chi connectivity index (χ0v) is 14.3. The Morgan fingerprint density at radius 1 is 1.38 bits per heavy atom. The van der Waals surface area contributed by atoms with Gasteiger partial charge >= 0.3 is 0 Å². The normalized spacial score (nSPS) is 25.5. The van der Waals surface area contributed by atoms with Crippen LogP contribution >= 0.6 is 12.4 Å². The summed E-state index contributed by atoms with van der Waals surface area (Å²) in [6.07, 6.45) is 5.20. The van der Waals surface area contributed by atoms with Crippen LogP contribution in [0.25, 0.3) is 0 Å². The van der Waals surface area contributed by atoms with Crippen molar-refractivity contribution in [2.45, 2.75) is 46.0 Å². The van der Waals surface area contributed by atoms with Crippen LogP contribution in [0, 0.1) is 17.3 Å². The van der Waals surface area contributed by atoms with Crippen LogP contribution in [-0.2, 0) is 9.53 Å². The molecule has 0 aliphatic carbocycles. The molecule has 1 amide bonds. The molecule has 4 nitrogen and oxygen atoms in total. The van der Waals surface area contributed by atoms with Crippen molar-refractivity contribution in [2.24, 2.45) is 23.0 Å². The number of carbonyl (C=O) groups is 1. The van der Waals surface area contributed by atoms with Crippen molar-refractivity contribution in [3.8, 4) is 0 Å². The first-order valence-corrected chi connectivity index (χ1v) is 8.14. The average Bonchev–Trinajstić information content (AvgIpc) is 2.47. The minimum atomic E-state index is -0.349. The van der Waals surface area contributed by atoms with E-state index in [9.17, 15) is 4.79 Å². The fraction of sp³-hybridized carbons (Fsp3) is 0.938. The molecule has 2 aliphatic heterocycles. The van der Waals surface area contributed by atoms with E-state index in [4.69, 9.17) is 10.5 Å². The van der Waals surface area contributed by atoms with Gasteiger partial charge in [-0.25, -0.2) is 0 Å². The smallest absolute Gasteiger partial charge is 0.230 e. The van der Waals surface area contributed by atoms with Crippen LogP contribution in [0.4, 0.5) is 0 Å². The Balaban J connectivity index is 0.00000220. The molecule has 2 N–H and O–H groups in total. The van der Waals surface area contributed by atoms with Crippen molar-refractivity contribution in [2.75, 3.05) is 32.8 Å². The van der Waals surface area contributed by atoms with Crippen LogP contribution in [0.5, 0.6) is 0 Å². The van der Waals surface area contributed by atoms with Gasteiger partial charge in [0, 0.05) is 32.8 Å². The third-order valence-corrected chi connectivity index (χ3v) is 4.91. The summed E-state index contributed by atoms with van der Waals surface area (Å²) in [6, 6.07) is 0. The fourth-order valence-corrected chi connectivity index (χ4v) is 3.71. The van der Waals surface area contributed by atoms with Gasteiger partial charge < -0.3 is 15.4 Å². The predicted molar refractivity (Wildman–Crippen MR) is 87.5 cm³/mol. The number of carbonyl (C=O) groups excluding carboxylic acids is 1. The monoisotopic (exact) mass is 318 g/mol. The van der Waals surface area contributed by atoms with Gasteiger partial charge in [0.05, 0.1) is 5.41 Å². The predicted octanol–water partition coefficient (Wildman–Crippen LogP) is 2.45. The Labute approximate surface area is 135 Å². The lowest BCUT2D eigenvalue weighted by Crippen LogP contribution is -2.53. The summed E-state index contributed by atoms with van der Waals surface area (Å²) in [5.74, 6) is 1.67. The summed E-state index contributed by atoms with van der Waals surface area (Å²) in [6.45, 7) is 8.18. The Morgan fingerprint density at radius 2 is 2.05 bits per heavy atom. The first-order chi connectivity index (χ1) is 9.57. The second-order valence-corrected chi connectivity index (χ2v) is 6.99. The molecule has 0 aromatic heterocycles. The molecule has 0 bridgehead atoms. The van der Waals surface area contributed by atoms with E-state index in [2.05, 4.69) is 18.7 Å². The van der Waals surface area contributed by atoms with Gasteiger partial charge in [-0.2, -0.15) is 0 Å². The first kappa shape index (κ1) is 18.7. The standard InChI is InChI=1S/C16H30N2O2.ClH/c1-13(2)10-14-4-3-7-18(11-14)15(19)16(12-17)5-8-20-9-6-16;/h13-14H,3-12,17H2,1-2H3;1H. The summed E-state index contributed by atoms with van der Waals surface area (Å²) in [5.41, 5.74) is 5.61. The molecule has 21 heavy (non-hydrogen) atoms. The van der Waals surface area contributed by atoms with Crippen molar-refractivity contribution in [3.63, 3.8) is 0 Å². The van der Waals surface area contributed by atoms with E-state index in [0.29, 0.717) is 31.6 Å². The maximum atomic E-state index is 12.9. The fourth-order valence-electron chi connectivity index (χ4n) is 3.71. The zero-order valence-electron chi connectivity index (χ0n) is 13.5. The number of ether oxygens (including phenoxy) is 1. The first-order valence-electron chi connectivity index (χ1n) is 8.14. The number of hydrogen-bond donors (Lipinski definition) is 1. The lowest BCUT2D eigenvalue weighted by molar-refractivity contribution is -0.149. The molecule has 1 atom stereocenters. The summed E-state index contributed by atoms with van der Waals surface area (Å²) in [4.78, 5) is 15.0. The van der Waals surface area contributed by atoms with E-state index in [1.165, 1.54) is 12.8 Å². The minimum absolute atomic E-state index is 0. The van der Waals surface area contributed by atoms with Gasteiger partial charge in [0.2, 0.25) is 5.91 Å². The van der Waals surface area contributed by atoms with E-state index in [1.54, 1.807) is 0 Å². The third kappa shape index (κ3) is 4.57. The lowest BCUT2D eigenvalue weighted by atomic mass is 9.78. The Hall–Kier alpha value is -0.320. The Bertz CT molecular complexity index is 330. The highest BCUT2D eigenvalue weighted by Gasteiger charge is 2.42. The van der Waals surface area contributed by atoms with Crippen molar-refractivity contribution in [3.05, 3.63) is 0 Å². The van der Waals surface area contributed by atoms with E-state index in [-0.39, 0.29) is 23.7 Å². The molecule has 2 heterocycles. The maximum absolute atomic E-state index is 12.9. The topological polar surface area (TPSA) is 55.6 Å². The highest BCUT2D eigenvalue weighted by molar-refractivity contribution is 5.85. The molecule has 2 saturated heterocycles. The Kier molecular flexibility index (Phi) is 7.45. The molecule has 2 aliphatic rings. The van der Waals surface area contributed by atoms with Crippen molar-refractivity contribution < 1.29 is 9.53 Å². The van der Waals surface area contributed by atoms with Crippen molar-refractivity contribution >= 4 is 18.3 Å². The van der Waals surface area contributed by atoms with Crippen molar-refractivity contribution in [1.29, 1.82) is 0 Å². The molecule has 0 saturated carbocycles. The minimum Gasteiger partial charge on any atom is -0.381 e. The van der Waals surface area contributed by atoms with E-state index < -0.39 is 0 Å². The van der Waals surface area contributed by atoms with Crippen LogP contribution in [0.2, 0.25) is 0 Å². The lowest BCUT2D eigenvalue weighted by Gasteiger charge is -2.42. The molecule has 0 aromatic rings. The number of amides is 1. The van der Waals surface area contributed by atoms with Crippen LogP contribution < -0.4 is 5.73 Å². The third-order valence-electron chi connectivity index (χ3n) is 4.91. The molecule has 2 rings (SSSR count). The largest absolute Gasteiger partial charge is 0.381 e. The average molecular weight is 319 g/mol. The number of nitrogens with zero attached hydrogens (tertiary/aromatic N) is 1. The van der Waals surface area contributed by atoms with Gasteiger partial charge in [0.25, 0.3) is 0 Å². The molecule has 0 radical (unpaired) electrons. The van der Waals surface area contributed by atoms with Gasteiger partial charge in [-0.15, -0.1) is 12.4 Å². The van der Waals surface area contributed by atoms with Crippen LogP contribution in [0.1, 0.15) is 46.0 Å². The van der Waals surface area contributed by atoms with Crippen molar-refractivity contribution in [1.82, 2.24) is 4.90 Å². The van der Waals surface area contributed by atoms with E-state index >= 15 is 0 Å². The highest BCUT2D eigenvalue weighted by Crippen LogP contribution is 2.34. The Morgan fingerprint density at radius 3 is 2.62 bits per heavy atom. The zero-order chi connectivity index (χ0) is 14.6. The molecule has 2 fully saturated rings. The number of nitrogens with two attached hydrogens (primary N) is 1. The quantitative estimate of drug-likeness (QED) is 0.866. The number of rotatable bonds is 4. The second-order valence-electron chi connectivity index (χ2n) is 6.99. The summed E-state index contributed by atoms with van der Waals surface area (Å²) in [5, 5.41) is 0. The van der Waals surface area contributed by atoms with E-state index in [1.807, 2.05) is 0 Å². The van der Waals surface area contributed by atoms with Crippen LogP contribution in [-0.4, -0.2) is 43.7 Å². The number of likely N-dealkylation sites (tertiary alicyclic amines) is 1. The van der Waals surface area contributed by atoms with E-state index in [0.717, 1.165) is 32.4 Å². The highest BCUT2D eigenvalue weighted by atomic mass is 35.5. The molecule has 1 unspecified atom stereocenters. The van der Waals surface area contributed by atoms with Crippen LogP contribution in [0.15, 0.2) is 0 Å². The second kappa shape index (κ2) is 8.35. The number of piperidine rings is 1. The van der Waals surface area contributed by atoms with Crippen LogP contribution in [0.3, 0.4) is 0 Å². The molecular formula is C16H31ClN2O2. The molecule has 0 spiro atoms. The molecule has 0 aromatic carbocycles. The molecule has 5 heteroatoms. The number of halogens is 1. The molecule has 124 valence electrons. The number of hydrogen-bond acceptors (Lipinski definition) is 3. The SMILES string of the molecule is CC(C)CC1CCCN(C(=O)C2(CN)CCOCC2)C1.Cl. The van der Waals surface area contributed by atoms with Gasteiger partial charge in [0.15, 0.2) is 0 Å². The van der Waals surface area contributed by atoms with Gasteiger partial charge in [-0.1, -0.05) is 13.8 Å². The summed E-state index contributed by atoms with van der Waals surface area (Å²) in [7, 11) is 0. The summed E-state index contributed by atoms with van der Waals surface area (Å²) >= 11 is 0. The summed E-state index contributed by atoms with van der Waals surface area (Å²) < 4.78 is 5.41. The molecular weight excluding hydrogens is 288 g/mol. The van der Waals surface area contributed by atoms with Gasteiger partial charge in [0.1, 0.15) is 0 Å². The van der Waals surface area contributed by atoms with Gasteiger partial charge in [-0.3, -0.25) is 4.79 Å². The maximum Gasteiger partial charge on any atom is 0.230 e. The van der Waals surface area contributed by atoms with Gasteiger partial charge in [-0.05, 0) is 43.9 Å².